The van der Waals surface area contributed by atoms with Gasteiger partial charge in [0, 0.05) is 23.4 Å². The lowest BCUT2D eigenvalue weighted by atomic mass is 9.96. The van der Waals surface area contributed by atoms with Gasteiger partial charge in [0.25, 0.3) is 0 Å². The van der Waals surface area contributed by atoms with E-state index >= 15 is 0 Å². The summed E-state index contributed by atoms with van der Waals surface area (Å²) in [7, 11) is 0. The second-order valence-corrected chi connectivity index (χ2v) is 6.25. The van der Waals surface area contributed by atoms with E-state index < -0.39 is 5.97 Å². The van der Waals surface area contributed by atoms with E-state index in [0.29, 0.717) is 13.0 Å². The molecule has 5 heteroatoms. The van der Waals surface area contributed by atoms with Gasteiger partial charge in [-0.1, -0.05) is 47.5 Å². The molecular formula is C17H24BrNO3. The first-order chi connectivity index (χ1) is 10.5. The van der Waals surface area contributed by atoms with Crippen LogP contribution < -0.4 is 5.32 Å². The smallest absolute Gasteiger partial charge is 0.303 e. The van der Waals surface area contributed by atoms with Crippen LogP contribution in [0, 0.1) is 5.92 Å². The van der Waals surface area contributed by atoms with Crippen LogP contribution in [0.15, 0.2) is 28.7 Å². The van der Waals surface area contributed by atoms with Crippen molar-refractivity contribution in [3.05, 3.63) is 34.3 Å². The second-order valence-electron chi connectivity index (χ2n) is 5.40. The molecule has 0 saturated carbocycles. The number of rotatable bonds is 10. The molecule has 1 aromatic carbocycles. The normalized spacial score (nSPS) is 11.9. The van der Waals surface area contributed by atoms with E-state index in [2.05, 4.69) is 21.2 Å². The maximum absolute atomic E-state index is 12.2. The van der Waals surface area contributed by atoms with Crippen molar-refractivity contribution in [2.75, 3.05) is 6.54 Å². The first-order valence-electron chi connectivity index (χ1n) is 7.77. The first kappa shape index (κ1) is 18.7. The molecule has 1 rings (SSSR count). The number of carboxylic acids is 1. The van der Waals surface area contributed by atoms with Crippen molar-refractivity contribution in [3.63, 3.8) is 0 Å². The van der Waals surface area contributed by atoms with Crippen LogP contribution in [0.4, 0.5) is 0 Å². The number of hydrogen-bond donors (Lipinski definition) is 2. The standard InChI is InChI=1S/C17H24BrNO3/c1-2-13(12-14-8-5-6-9-15(14)18)17(22)19-11-7-3-4-10-16(20)21/h5-6,8-9,13H,2-4,7,10-12H2,1H3,(H,19,22)(H,20,21). The average molecular weight is 370 g/mol. The fourth-order valence-corrected chi connectivity index (χ4v) is 2.73. The summed E-state index contributed by atoms with van der Waals surface area (Å²) in [5, 5.41) is 11.5. The van der Waals surface area contributed by atoms with Gasteiger partial charge in [-0.3, -0.25) is 9.59 Å². The Balaban J connectivity index is 2.32. The van der Waals surface area contributed by atoms with Gasteiger partial charge in [0.15, 0.2) is 0 Å². The molecule has 0 bridgehead atoms. The Morgan fingerprint density at radius 1 is 1.23 bits per heavy atom. The van der Waals surface area contributed by atoms with Crippen LogP contribution in [0.1, 0.15) is 44.6 Å². The van der Waals surface area contributed by atoms with Gasteiger partial charge >= 0.3 is 5.97 Å². The molecule has 1 atom stereocenters. The molecular weight excluding hydrogens is 346 g/mol. The molecule has 122 valence electrons. The lowest BCUT2D eigenvalue weighted by molar-refractivity contribution is -0.137. The molecule has 0 fully saturated rings. The van der Waals surface area contributed by atoms with Crippen LogP contribution in [-0.4, -0.2) is 23.5 Å². The highest BCUT2D eigenvalue weighted by Crippen LogP contribution is 2.21. The number of carboxylic acid groups (broad SMARTS) is 1. The van der Waals surface area contributed by atoms with Crippen LogP contribution in [-0.2, 0) is 16.0 Å². The molecule has 0 aromatic heterocycles. The quantitative estimate of drug-likeness (QED) is 0.616. The Hall–Kier alpha value is -1.36. The lowest BCUT2D eigenvalue weighted by Crippen LogP contribution is -2.32. The fourth-order valence-electron chi connectivity index (χ4n) is 2.29. The molecule has 0 saturated heterocycles. The fraction of sp³-hybridized carbons (Fsp3) is 0.529. The molecule has 2 N–H and O–H groups in total. The summed E-state index contributed by atoms with van der Waals surface area (Å²) >= 11 is 3.52. The number of benzene rings is 1. The topological polar surface area (TPSA) is 66.4 Å². The maximum atomic E-state index is 12.2. The van der Waals surface area contributed by atoms with Gasteiger partial charge in [-0.05, 0) is 37.3 Å². The van der Waals surface area contributed by atoms with E-state index in [9.17, 15) is 9.59 Å². The van der Waals surface area contributed by atoms with Crippen LogP contribution in [0.25, 0.3) is 0 Å². The van der Waals surface area contributed by atoms with E-state index in [0.717, 1.165) is 35.7 Å². The minimum Gasteiger partial charge on any atom is -0.481 e. The lowest BCUT2D eigenvalue weighted by Gasteiger charge is -2.16. The number of nitrogens with one attached hydrogen (secondary N) is 1. The molecule has 0 heterocycles. The summed E-state index contributed by atoms with van der Waals surface area (Å²) in [5.74, 6) is -0.710. The third-order valence-electron chi connectivity index (χ3n) is 3.65. The molecule has 22 heavy (non-hydrogen) atoms. The third kappa shape index (κ3) is 7.07. The van der Waals surface area contributed by atoms with Crippen molar-refractivity contribution in [2.45, 2.75) is 45.4 Å². The number of carbonyl (C=O) groups is 2. The number of carbonyl (C=O) groups excluding carboxylic acids is 1. The first-order valence-corrected chi connectivity index (χ1v) is 8.56. The highest BCUT2D eigenvalue weighted by atomic mass is 79.9. The van der Waals surface area contributed by atoms with Crippen molar-refractivity contribution in [1.82, 2.24) is 5.32 Å². The summed E-state index contributed by atoms with van der Waals surface area (Å²) in [5.41, 5.74) is 1.14. The number of amides is 1. The van der Waals surface area contributed by atoms with E-state index in [-0.39, 0.29) is 18.2 Å². The van der Waals surface area contributed by atoms with Gasteiger partial charge < -0.3 is 10.4 Å². The monoisotopic (exact) mass is 369 g/mol. The SMILES string of the molecule is CCC(Cc1ccccc1Br)C(=O)NCCCCCC(=O)O. The number of halogens is 1. The molecule has 0 aliphatic carbocycles. The zero-order valence-corrected chi connectivity index (χ0v) is 14.6. The van der Waals surface area contributed by atoms with Gasteiger partial charge in [0.2, 0.25) is 5.91 Å². The van der Waals surface area contributed by atoms with Crippen molar-refractivity contribution in [1.29, 1.82) is 0 Å². The number of unbranched alkanes of at least 4 members (excludes halogenated alkanes) is 2. The van der Waals surface area contributed by atoms with Crippen molar-refractivity contribution in [2.24, 2.45) is 5.92 Å². The zero-order chi connectivity index (χ0) is 16.4. The Labute approximate surface area is 140 Å². The summed E-state index contributed by atoms with van der Waals surface area (Å²) in [6, 6.07) is 7.97. The zero-order valence-electron chi connectivity index (χ0n) is 13.0. The highest BCUT2D eigenvalue weighted by molar-refractivity contribution is 9.10. The van der Waals surface area contributed by atoms with E-state index in [1.54, 1.807) is 0 Å². The maximum Gasteiger partial charge on any atom is 0.303 e. The predicted molar refractivity (Wildman–Crippen MR) is 90.7 cm³/mol. The van der Waals surface area contributed by atoms with Gasteiger partial charge in [0.05, 0.1) is 0 Å². The minimum absolute atomic E-state index is 0.0299. The molecule has 0 radical (unpaired) electrons. The molecule has 0 spiro atoms. The highest BCUT2D eigenvalue weighted by Gasteiger charge is 2.17. The molecule has 0 aliphatic heterocycles. The average Bonchev–Trinajstić information content (AvgIpc) is 2.49. The van der Waals surface area contributed by atoms with Crippen molar-refractivity contribution < 1.29 is 14.7 Å². The van der Waals surface area contributed by atoms with Crippen LogP contribution in [0.2, 0.25) is 0 Å². The van der Waals surface area contributed by atoms with Crippen LogP contribution in [0.3, 0.4) is 0 Å². The largest absolute Gasteiger partial charge is 0.481 e. The summed E-state index contributed by atoms with van der Waals surface area (Å²) in [6.07, 6.45) is 4.04. The Morgan fingerprint density at radius 3 is 2.59 bits per heavy atom. The Bertz CT molecular complexity index is 491. The van der Waals surface area contributed by atoms with Crippen LogP contribution >= 0.6 is 15.9 Å². The van der Waals surface area contributed by atoms with E-state index in [4.69, 9.17) is 5.11 Å². The molecule has 4 nitrogen and oxygen atoms in total. The molecule has 1 amide bonds. The second kappa shape index (κ2) is 10.4. The molecule has 0 aliphatic rings. The summed E-state index contributed by atoms with van der Waals surface area (Å²) in [4.78, 5) is 22.6. The third-order valence-corrected chi connectivity index (χ3v) is 4.43. The minimum atomic E-state index is -0.761. The van der Waals surface area contributed by atoms with E-state index in [1.807, 2.05) is 31.2 Å². The van der Waals surface area contributed by atoms with Gasteiger partial charge in [-0.15, -0.1) is 0 Å². The van der Waals surface area contributed by atoms with E-state index in [1.165, 1.54) is 0 Å². The van der Waals surface area contributed by atoms with Crippen molar-refractivity contribution in [3.8, 4) is 0 Å². The van der Waals surface area contributed by atoms with Crippen LogP contribution in [0.5, 0.6) is 0 Å². The van der Waals surface area contributed by atoms with Gasteiger partial charge in [0.1, 0.15) is 0 Å². The molecule has 1 unspecified atom stereocenters. The predicted octanol–water partition coefficient (Wildman–Crippen LogP) is 3.78. The molecule has 1 aromatic rings. The number of hydrogen-bond acceptors (Lipinski definition) is 2. The van der Waals surface area contributed by atoms with Crippen molar-refractivity contribution >= 4 is 27.8 Å². The van der Waals surface area contributed by atoms with Gasteiger partial charge in [-0.2, -0.15) is 0 Å². The number of aliphatic carboxylic acids is 1. The van der Waals surface area contributed by atoms with Gasteiger partial charge in [-0.25, -0.2) is 0 Å². The Morgan fingerprint density at radius 2 is 1.95 bits per heavy atom. The summed E-state index contributed by atoms with van der Waals surface area (Å²) < 4.78 is 1.04. The summed E-state index contributed by atoms with van der Waals surface area (Å²) in [6.45, 7) is 2.64. The Kier molecular flexibility index (Phi) is 8.82.